The quantitative estimate of drug-likeness (QED) is 0.141. The van der Waals surface area contributed by atoms with Crippen LogP contribution in [0.1, 0.15) is 61.2 Å². The van der Waals surface area contributed by atoms with Crippen molar-refractivity contribution in [1.29, 1.82) is 0 Å². The van der Waals surface area contributed by atoms with Crippen molar-refractivity contribution >= 4 is 28.7 Å². The Morgan fingerprint density at radius 3 is 1.86 bits per heavy atom. The fraction of sp³-hybridized carbons (Fsp3) is 0.667. The summed E-state index contributed by atoms with van der Waals surface area (Å²) in [4.78, 5) is 15.7. The van der Waals surface area contributed by atoms with Crippen LogP contribution in [0.5, 0.6) is 0 Å². The normalized spacial score (nSPS) is 14.0. The van der Waals surface area contributed by atoms with Crippen LogP contribution in [0.2, 0.25) is 0 Å². The van der Waals surface area contributed by atoms with Gasteiger partial charge in [-0.1, -0.05) is 0 Å². The molecule has 0 radical (unpaired) electrons. The van der Waals surface area contributed by atoms with Crippen molar-refractivity contribution in [3.05, 3.63) is 33.1 Å². The highest BCUT2D eigenvalue weighted by Gasteiger charge is 2.33. The van der Waals surface area contributed by atoms with E-state index < -0.39 is 21.7 Å². The summed E-state index contributed by atoms with van der Waals surface area (Å²) in [5, 5.41) is 11.5. The lowest BCUT2D eigenvalue weighted by molar-refractivity contribution is -0.402. The SMILES string of the molecule is CC(C)OOP(OC(C)C)/C(=C/c1ccc([N+](=O)[O-])o1)P(OC(C)C)OC(C)C. The van der Waals surface area contributed by atoms with Gasteiger partial charge in [-0.15, -0.1) is 0 Å². The lowest BCUT2D eigenvalue weighted by Gasteiger charge is -2.28. The van der Waals surface area contributed by atoms with Gasteiger partial charge in [-0.3, -0.25) is 10.1 Å². The van der Waals surface area contributed by atoms with Crippen molar-refractivity contribution in [3.8, 4) is 0 Å². The van der Waals surface area contributed by atoms with Crippen LogP contribution in [0.25, 0.3) is 6.08 Å². The van der Waals surface area contributed by atoms with Gasteiger partial charge in [0.25, 0.3) is 0 Å². The van der Waals surface area contributed by atoms with Crippen LogP contribution in [0.4, 0.5) is 5.88 Å². The number of hydrogen-bond acceptors (Lipinski definition) is 8. The molecule has 9 nitrogen and oxygen atoms in total. The Balaban J connectivity index is 3.39. The molecule has 0 aliphatic heterocycles. The first kappa shape index (κ1) is 26.1. The zero-order valence-electron chi connectivity index (χ0n) is 18.1. The van der Waals surface area contributed by atoms with Gasteiger partial charge in [0.1, 0.15) is 10.7 Å². The third kappa shape index (κ3) is 10.1. The van der Waals surface area contributed by atoms with Crippen molar-refractivity contribution in [2.24, 2.45) is 0 Å². The minimum absolute atomic E-state index is 0.129. The molecular formula is C18H31NO8P2. The number of nitrogens with zero attached hydrogens (tertiary/aromatic N) is 1. The number of hydrogen-bond donors (Lipinski definition) is 0. The topological polar surface area (TPSA) is 102 Å². The molecule has 0 fully saturated rings. The van der Waals surface area contributed by atoms with E-state index in [-0.39, 0.29) is 36.1 Å². The monoisotopic (exact) mass is 451 g/mol. The Kier molecular flexibility index (Phi) is 11.4. The van der Waals surface area contributed by atoms with Crippen LogP contribution in [0.3, 0.4) is 0 Å². The van der Waals surface area contributed by atoms with E-state index in [9.17, 15) is 10.1 Å². The lowest BCUT2D eigenvalue weighted by atomic mass is 10.4. The molecule has 0 saturated heterocycles. The van der Waals surface area contributed by atoms with Crippen molar-refractivity contribution in [3.63, 3.8) is 0 Å². The second-order valence-electron chi connectivity index (χ2n) is 7.13. The van der Waals surface area contributed by atoms with E-state index in [2.05, 4.69) is 0 Å². The predicted octanol–water partition coefficient (Wildman–Crippen LogP) is 6.74. The zero-order valence-corrected chi connectivity index (χ0v) is 19.9. The lowest BCUT2D eigenvalue weighted by Crippen LogP contribution is -2.09. The zero-order chi connectivity index (χ0) is 22.1. The van der Waals surface area contributed by atoms with Crippen molar-refractivity contribution in [1.82, 2.24) is 0 Å². The molecule has 1 rings (SSSR count). The van der Waals surface area contributed by atoms with Gasteiger partial charge in [0.2, 0.25) is 16.8 Å². The summed E-state index contributed by atoms with van der Waals surface area (Å²) >= 11 is 0. The largest absolute Gasteiger partial charge is 0.433 e. The molecular weight excluding hydrogens is 420 g/mol. The minimum atomic E-state index is -1.74. The van der Waals surface area contributed by atoms with E-state index >= 15 is 0 Å². The van der Waals surface area contributed by atoms with Crippen molar-refractivity contribution in [2.45, 2.75) is 79.8 Å². The highest BCUT2D eigenvalue weighted by Crippen LogP contribution is 2.66. The van der Waals surface area contributed by atoms with Crippen molar-refractivity contribution in [2.75, 3.05) is 0 Å². The fourth-order valence-electron chi connectivity index (χ4n) is 1.76. The molecule has 11 heteroatoms. The Bertz CT molecular complexity index is 650. The molecule has 1 unspecified atom stereocenters. The summed E-state index contributed by atoms with van der Waals surface area (Å²) in [5.41, 5.74) is 0. The molecule has 0 bridgehead atoms. The second-order valence-corrected chi connectivity index (χ2v) is 10.3. The molecule has 0 N–H and O–H groups in total. The van der Waals surface area contributed by atoms with E-state index in [1.807, 2.05) is 55.4 Å². The summed E-state index contributed by atoms with van der Waals surface area (Å²) in [6.45, 7) is 15.0. The van der Waals surface area contributed by atoms with E-state index in [0.717, 1.165) is 0 Å². The molecule has 1 aromatic heterocycles. The van der Waals surface area contributed by atoms with Gasteiger partial charge in [0, 0.05) is 0 Å². The average Bonchev–Trinajstić information content (AvgIpc) is 3.03. The molecule has 166 valence electrons. The van der Waals surface area contributed by atoms with Crippen LogP contribution in [0.15, 0.2) is 21.6 Å². The van der Waals surface area contributed by atoms with Crippen LogP contribution in [0, 0.1) is 10.1 Å². The first-order valence-corrected chi connectivity index (χ1v) is 11.7. The first-order chi connectivity index (χ1) is 13.5. The summed E-state index contributed by atoms with van der Waals surface area (Å²) in [5.74, 6) is -0.0881. The van der Waals surface area contributed by atoms with Crippen LogP contribution < -0.4 is 0 Å². The van der Waals surface area contributed by atoms with Crippen LogP contribution in [-0.4, -0.2) is 29.3 Å². The van der Waals surface area contributed by atoms with Gasteiger partial charge >= 0.3 is 5.88 Å². The molecule has 0 saturated carbocycles. The maximum absolute atomic E-state index is 11.0. The maximum Gasteiger partial charge on any atom is 0.433 e. The minimum Gasteiger partial charge on any atom is -0.401 e. The van der Waals surface area contributed by atoms with E-state index in [1.54, 1.807) is 6.08 Å². The smallest absolute Gasteiger partial charge is 0.401 e. The highest BCUT2D eigenvalue weighted by molar-refractivity contribution is 7.73. The van der Waals surface area contributed by atoms with Gasteiger partial charge in [0.05, 0.1) is 35.5 Å². The predicted molar refractivity (Wildman–Crippen MR) is 113 cm³/mol. The molecule has 1 atom stereocenters. The Morgan fingerprint density at radius 2 is 1.45 bits per heavy atom. The molecule has 1 heterocycles. The molecule has 0 amide bonds. The summed E-state index contributed by atoms with van der Waals surface area (Å²) < 4.78 is 28.9. The average molecular weight is 451 g/mol. The van der Waals surface area contributed by atoms with Gasteiger partial charge < -0.3 is 18.0 Å². The summed E-state index contributed by atoms with van der Waals surface area (Å²) in [7, 11) is -3.34. The van der Waals surface area contributed by atoms with Crippen LogP contribution >= 0.6 is 16.8 Å². The van der Waals surface area contributed by atoms with E-state index in [0.29, 0.717) is 5.06 Å². The van der Waals surface area contributed by atoms with Gasteiger partial charge in [-0.2, -0.15) is 4.67 Å². The molecule has 29 heavy (non-hydrogen) atoms. The van der Waals surface area contributed by atoms with Crippen molar-refractivity contribution < 1.29 is 32.5 Å². The van der Waals surface area contributed by atoms with E-state index in [1.165, 1.54) is 12.1 Å². The second kappa shape index (κ2) is 12.7. The first-order valence-electron chi connectivity index (χ1n) is 9.39. The summed E-state index contributed by atoms with van der Waals surface area (Å²) in [6.07, 6.45) is 1.000. The Hall–Kier alpha value is -0.920. The van der Waals surface area contributed by atoms with Gasteiger partial charge in [0.15, 0.2) is 0 Å². The third-order valence-corrected chi connectivity index (χ3v) is 6.71. The molecule has 0 spiro atoms. The maximum atomic E-state index is 11.0. The Labute approximate surface area is 174 Å². The standard InChI is InChI=1S/C18H31NO8P2/c1-12(2)23-27-29(26-15(7)8)18(28(24-13(3)4)25-14(5)6)11-16-9-10-17(22-16)19(20)21/h9-15H,1-8H3/b18-11+. The summed E-state index contributed by atoms with van der Waals surface area (Å²) in [6, 6.07) is 2.79. The molecule has 0 aliphatic rings. The molecule has 1 aromatic rings. The third-order valence-electron chi connectivity index (χ3n) is 2.66. The van der Waals surface area contributed by atoms with Gasteiger partial charge in [-0.05, 0) is 67.5 Å². The number of rotatable bonds is 13. The van der Waals surface area contributed by atoms with Gasteiger partial charge in [-0.25, -0.2) is 4.89 Å². The number of furan rings is 1. The fourth-order valence-corrected chi connectivity index (χ4v) is 5.17. The van der Waals surface area contributed by atoms with E-state index in [4.69, 9.17) is 27.6 Å². The Morgan fingerprint density at radius 1 is 0.931 bits per heavy atom. The molecule has 0 aliphatic carbocycles. The van der Waals surface area contributed by atoms with Crippen LogP contribution in [-0.2, 0) is 23.1 Å². The highest BCUT2D eigenvalue weighted by atomic mass is 31.2. The number of nitro groups is 1. The molecule has 0 aromatic carbocycles.